The normalized spacial score (nSPS) is 18.2. The van der Waals surface area contributed by atoms with Gasteiger partial charge in [0.15, 0.2) is 5.65 Å². The van der Waals surface area contributed by atoms with Gasteiger partial charge in [-0.2, -0.15) is 0 Å². The Kier molecular flexibility index (Phi) is 10.7. The molecule has 2 aliphatic rings. The maximum absolute atomic E-state index is 14.2. The monoisotopic (exact) mass is 543 g/mol. The third-order valence-corrected chi connectivity index (χ3v) is 6.75. The van der Waals surface area contributed by atoms with Crippen LogP contribution in [0, 0.1) is 11.6 Å². The number of nitrogens with one attached hydrogen (secondary N) is 2. The number of aromatic amines is 2. The van der Waals surface area contributed by atoms with Crippen LogP contribution in [0.4, 0.5) is 8.78 Å². The summed E-state index contributed by atoms with van der Waals surface area (Å²) in [4.78, 5) is 20.5. The number of imidazole rings is 1. The zero-order chi connectivity index (χ0) is 26.1. The van der Waals surface area contributed by atoms with Crippen molar-refractivity contribution in [1.29, 1.82) is 0 Å². The van der Waals surface area contributed by atoms with Crippen LogP contribution in [-0.2, 0) is 20.0 Å². The van der Waals surface area contributed by atoms with Gasteiger partial charge in [-0.1, -0.05) is 23.4 Å². The van der Waals surface area contributed by atoms with E-state index in [4.69, 9.17) is 30.5 Å². The fourth-order valence-corrected chi connectivity index (χ4v) is 4.86. The lowest BCUT2D eigenvalue weighted by molar-refractivity contribution is 0.0732. The van der Waals surface area contributed by atoms with Crippen LogP contribution in [0.25, 0.3) is 11.2 Å². The first-order valence-corrected chi connectivity index (χ1v) is 12.5. The van der Waals surface area contributed by atoms with Crippen molar-refractivity contribution >= 4 is 34.5 Å². The van der Waals surface area contributed by atoms with Gasteiger partial charge in [0, 0.05) is 43.8 Å². The number of halogens is 3. The van der Waals surface area contributed by atoms with Crippen LogP contribution >= 0.6 is 23.4 Å². The molecule has 12 heteroatoms. The summed E-state index contributed by atoms with van der Waals surface area (Å²) in [6.45, 7) is 8.33. The summed E-state index contributed by atoms with van der Waals surface area (Å²) in [6.07, 6.45) is 3.14. The van der Waals surface area contributed by atoms with E-state index < -0.39 is 17.3 Å². The fourth-order valence-electron chi connectivity index (χ4n) is 3.63. The zero-order valence-electron chi connectivity index (χ0n) is 19.8. The number of hydrogen-bond donors (Lipinski definition) is 2. The predicted octanol–water partition coefficient (Wildman–Crippen LogP) is 4.87. The lowest BCUT2D eigenvalue weighted by atomic mass is 10.2. The summed E-state index contributed by atoms with van der Waals surface area (Å²) in [7, 11) is 1.50. The molecule has 2 aliphatic heterocycles. The number of thioether (sulfide) groups is 1. The van der Waals surface area contributed by atoms with Crippen LogP contribution < -0.4 is 10.4 Å². The van der Waals surface area contributed by atoms with Crippen molar-refractivity contribution in [2.45, 2.75) is 35.8 Å². The quantitative estimate of drug-likeness (QED) is 0.249. The first-order chi connectivity index (χ1) is 17.4. The van der Waals surface area contributed by atoms with E-state index in [0.29, 0.717) is 35.0 Å². The molecular formula is C24H28ClF2N3O5S. The van der Waals surface area contributed by atoms with Crippen molar-refractivity contribution in [1.82, 2.24) is 15.0 Å². The molecule has 0 saturated carbocycles. The van der Waals surface area contributed by atoms with Crippen LogP contribution in [0.2, 0.25) is 5.02 Å². The molecule has 2 saturated heterocycles. The van der Waals surface area contributed by atoms with E-state index in [-0.39, 0.29) is 28.7 Å². The summed E-state index contributed by atoms with van der Waals surface area (Å²) in [5.41, 5.74) is 0.255. The van der Waals surface area contributed by atoms with Crippen molar-refractivity contribution in [3.05, 3.63) is 64.1 Å². The molecule has 36 heavy (non-hydrogen) atoms. The summed E-state index contributed by atoms with van der Waals surface area (Å²) in [5, 5.41) is 0.631. The third-order valence-electron chi connectivity index (χ3n) is 5.33. The van der Waals surface area contributed by atoms with Gasteiger partial charge in [-0.15, -0.1) is 13.2 Å². The maximum atomic E-state index is 14.2. The minimum atomic E-state index is -0.725. The molecule has 3 aromatic rings. The highest BCUT2D eigenvalue weighted by Crippen LogP contribution is 2.32. The van der Waals surface area contributed by atoms with Gasteiger partial charge >= 0.3 is 5.69 Å². The Bertz CT molecular complexity index is 1170. The number of ether oxygens (including phenoxy) is 4. The van der Waals surface area contributed by atoms with Crippen molar-refractivity contribution in [2.24, 2.45) is 0 Å². The van der Waals surface area contributed by atoms with E-state index in [0.717, 1.165) is 50.0 Å². The molecule has 5 rings (SSSR count). The minimum Gasteiger partial charge on any atom is -0.491 e. The van der Waals surface area contributed by atoms with Gasteiger partial charge < -0.3 is 23.9 Å². The fraction of sp³-hybridized carbons (Fsp3) is 0.417. The zero-order valence-corrected chi connectivity index (χ0v) is 21.4. The standard InChI is InChI=1S/C16H14ClF2N3O3S.C6H10O2.C2H4/c1-24-2-3-25-8-4-11(18)9(12(19)5-8)7-26-15-10(17)6-13-14(21-15)22-16(23)20-13;1-3-7-6-2-4-8-5(1)6;1-2/h4-6H,2-3,7H2,1H3,(H2,20,21,22,23);5-6H,1-4H2;1-2H2/t;5-,6-;/m.1./s1. The highest BCUT2D eigenvalue weighted by molar-refractivity contribution is 7.98. The molecule has 1 aromatic carbocycles. The first kappa shape index (κ1) is 28.1. The number of nitrogens with zero attached hydrogens (tertiary/aromatic N) is 1. The number of aromatic nitrogens is 3. The summed E-state index contributed by atoms with van der Waals surface area (Å²) >= 11 is 7.18. The highest BCUT2D eigenvalue weighted by Gasteiger charge is 2.33. The number of pyridine rings is 1. The Morgan fingerprint density at radius 3 is 2.36 bits per heavy atom. The molecule has 196 valence electrons. The van der Waals surface area contributed by atoms with E-state index in [2.05, 4.69) is 28.1 Å². The summed E-state index contributed by atoms with van der Waals surface area (Å²) in [6, 6.07) is 3.77. The average molecular weight is 544 g/mol. The average Bonchev–Trinajstić information content (AvgIpc) is 3.56. The Morgan fingerprint density at radius 2 is 1.75 bits per heavy atom. The molecular weight excluding hydrogens is 516 g/mol. The van der Waals surface area contributed by atoms with Crippen LogP contribution in [0.5, 0.6) is 5.75 Å². The van der Waals surface area contributed by atoms with Gasteiger partial charge in [-0.25, -0.2) is 18.6 Å². The molecule has 2 fully saturated rings. The number of fused-ring (bicyclic) bond motifs is 2. The molecule has 0 radical (unpaired) electrons. The second-order valence-electron chi connectivity index (χ2n) is 7.64. The maximum Gasteiger partial charge on any atom is 0.325 e. The molecule has 4 heterocycles. The lowest BCUT2D eigenvalue weighted by Gasteiger charge is -2.10. The molecule has 0 spiro atoms. The Balaban J connectivity index is 0.000000299. The van der Waals surface area contributed by atoms with E-state index in [1.807, 2.05) is 0 Å². The van der Waals surface area contributed by atoms with Crippen LogP contribution in [0.15, 0.2) is 41.2 Å². The Labute approximate surface area is 216 Å². The van der Waals surface area contributed by atoms with Gasteiger partial charge in [-0.3, -0.25) is 4.98 Å². The minimum absolute atomic E-state index is 0.0249. The predicted molar refractivity (Wildman–Crippen MR) is 135 cm³/mol. The van der Waals surface area contributed by atoms with Gasteiger partial charge in [0.25, 0.3) is 0 Å². The Hall–Kier alpha value is -2.44. The summed E-state index contributed by atoms with van der Waals surface area (Å²) < 4.78 is 49.2. The van der Waals surface area contributed by atoms with Gasteiger partial charge in [0.2, 0.25) is 0 Å². The highest BCUT2D eigenvalue weighted by atomic mass is 35.5. The number of methoxy groups -OCH3 is 1. The molecule has 2 aromatic heterocycles. The van der Waals surface area contributed by atoms with E-state index in [1.54, 1.807) is 0 Å². The van der Waals surface area contributed by atoms with Crippen molar-refractivity contribution < 1.29 is 27.7 Å². The second-order valence-corrected chi connectivity index (χ2v) is 9.01. The molecule has 2 N–H and O–H groups in total. The number of H-pyrrole nitrogens is 2. The number of benzene rings is 1. The van der Waals surface area contributed by atoms with Crippen molar-refractivity contribution in [2.75, 3.05) is 33.5 Å². The van der Waals surface area contributed by atoms with Gasteiger partial charge in [0.05, 0.1) is 29.4 Å². The lowest BCUT2D eigenvalue weighted by Crippen LogP contribution is -2.13. The molecule has 8 nitrogen and oxygen atoms in total. The molecule has 0 aliphatic carbocycles. The first-order valence-electron chi connectivity index (χ1n) is 11.2. The van der Waals surface area contributed by atoms with Gasteiger partial charge in [-0.05, 0) is 18.9 Å². The van der Waals surface area contributed by atoms with E-state index >= 15 is 0 Å². The van der Waals surface area contributed by atoms with Crippen molar-refractivity contribution in [3.63, 3.8) is 0 Å². The van der Waals surface area contributed by atoms with Crippen molar-refractivity contribution in [3.8, 4) is 5.75 Å². The van der Waals surface area contributed by atoms with Crippen LogP contribution in [-0.4, -0.2) is 60.7 Å². The number of rotatable bonds is 7. The smallest absolute Gasteiger partial charge is 0.325 e. The van der Waals surface area contributed by atoms with E-state index in [1.165, 1.54) is 13.2 Å². The van der Waals surface area contributed by atoms with Crippen LogP contribution in [0.1, 0.15) is 18.4 Å². The van der Waals surface area contributed by atoms with Crippen LogP contribution in [0.3, 0.4) is 0 Å². The molecule has 2 atom stereocenters. The molecule has 0 unspecified atom stereocenters. The second kappa shape index (κ2) is 13.8. The molecule has 0 amide bonds. The van der Waals surface area contributed by atoms with E-state index in [9.17, 15) is 13.6 Å². The summed E-state index contributed by atoms with van der Waals surface area (Å²) in [5.74, 6) is -1.38. The topological polar surface area (TPSA) is 98.5 Å². The largest absolute Gasteiger partial charge is 0.491 e. The SMILES string of the molecule is C1C[C@H]2OCC[C@H]2O1.C=C.COCCOc1cc(F)c(CSc2nc3[nH]c(=O)[nH]c3cc2Cl)c(F)c1. The number of hydrogen-bond acceptors (Lipinski definition) is 7. The van der Waals surface area contributed by atoms with Gasteiger partial charge in [0.1, 0.15) is 29.0 Å². The molecule has 0 bridgehead atoms. The Morgan fingerprint density at radius 1 is 1.11 bits per heavy atom. The third kappa shape index (κ3) is 7.30.